The number of para-hydroxylation sites is 2. The summed E-state index contributed by atoms with van der Waals surface area (Å²) in [6.45, 7) is 1.91. The monoisotopic (exact) mass is 418 g/mol. The summed E-state index contributed by atoms with van der Waals surface area (Å²) in [7, 11) is 0. The van der Waals surface area contributed by atoms with Crippen molar-refractivity contribution in [1.29, 1.82) is 0 Å². The maximum Gasteiger partial charge on any atom is 0.331 e. The van der Waals surface area contributed by atoms with Crippen molar-refractivity contribution in [2.75, 3.05) is 23.3 Å². The van der Waals surface area contributed by atoms with Crippen LogP contribution in [0.15, 0.2) is 76.4 Å². The highest BCUT2D eigenvalue weighted by molar-refractivity contribution is 5.94. The van der Waals surface area contributed by atoms with Gasteiger partial charge in [-0.3, -0.25) is 18.7 Å². The second kappa shape index (κ2) is 9.47. The molecule has 4 rings (SSSR count). The molecule has 0 unspecified atom stereocenters. The number of carbonyl (C=O) groups is 1. The molecule has 7 nitrogen and oxygen atoms in total. The topological polar surface area (TPSA) is 76.3 Å². The molecule has 31 heavy (non-hydrogen) atoms. The van der Waals surface area contributed by atoms with Crippen molar-refractivity contribution < 1.29 is 4.79 Å². The summed E-state index contributed by atoms with van der Waals surface area (Å²) in [5, 5.41) is 2.89. The number of benzene rings is 2. The minimum Gasteiger partial charge on any atom is -0.370 e. The van der Waals surface area contributed by atoms with Crippen LogP contribution in [0, 0.1) is 0 Å². The highest BCUT2D eigenvalue weighted by atomic mass is 16.2. The van der Waals surface area contributed by atoms with Crippen molar-refractivity contribution in [2.45, 2.75) is 32.4 Å². The Labute approximate surface area is 180 Å². The number of hydrogen-bond donors (Lipinski definition) is 1. The summed E-state index contributed by atoms with van der Waals surface area (Å²) in [5.41, 5.74) is 1.61. The van der Waals surface area contributed by atoms with E-state index in [1.54, 1.807) is 0 Å². The van der Waals surface area contributed by atoms with Gasteiger partial charge in [0.2, 0.25) is 5.91 Å². The summed E-state index contributed by atoms with van der Waals surface area (Å²) in [6, 6.07) is 18.5. The van der Waals surface area contributed by atoms with E-state index in [-0.39, 0.29) is 6.54 Å². The quantitative estimate of drug-likeness (QED) is 0.668. The number of amides is 1. The lowest BCUT2D eigenvalue weighted by atomic mass is 10.1. The third kappa shape index (κ3) is 4.94. The van der Waals surface area contributed by atoms with E-state index < -0.39 is 17.2 Å². The minimum absolute atomic E-state index is 0.332. The molecular formula is C24H26N4O3. The van der Waals surface area contributed by atoms with Crippen molar-refractivity contribution in [1.82, 2.24) is 9.13 Å². The van der Waals surface area contributed by atoms with Crippen LogP contribution in [0.25, 0.3) is 0 Å². The van der Waals surface area contributed by atoms with Crippen LogP contribution in [0.5, 0.6) is 0 Å². The van der Waals surface area contributed by atoms with Crippen molar-refractivity contribution in [3.63, 3.8) is 0 Å². The first-order valence-electron chi connectivity index (χ1n) is 10.6. The smallest absolute Gasteiger partial charge is 0.331 e. The summed E-state index contributed by atoms with van der Waals surface area (Å²) in [6.07, 6.45) is 4.94. The molecule has 3 aromatic rings. The van der Waals surface area contributed by atoms with Gasteiger partial charge in [-0.25, -0.2) is 4.79 Å². The third-order valence-corrected chi connectivity index (χ3v) is 5.51. The molecule has 2 aromatic carbocycles. The number of carbonyl (C=O) groups excluding carboxylic acids is 1. The second-order valence-corrected chi connectivity index (χ2v) is 7.75. The lowest BCUT2D eigenvalue weighted by Gasteiger charge is -2.30. The Kier molecular flexibility index (Phi) is 6.31. The molecule has 0 saturated carbocycles. The molecule has 160 valence electrons. The number of piperidine rings is 1. The van der Waals surface area contributed by atoms with Gasteiger partial charge in [-0.1, -0.05) is 42.5 Å². The van der Waals surface area contributed by atoms with E-state index in [0.29, 0.717) is 12.2 Å². The standard InChI is InChI=1S/C24H26N4O3/c29-22(25-20-11-5-6-12-21(20)26-14-7-2-8-15-26)18-28-23(30)13-16-27(24(28)31)17-19-9-3-1-4-10-19/h1,3-6,9-13,16H,2,7-8,14-15,17-18H2,(H,25,29). The largest absolute Gasteiger partial charge is 0.370 e. The number of anilines is 2. The second-order valence-electron chi connectivity index (χ2n) is 7.75. The number of nitrogens with one attached hydrogen (secondary N) is 1. The molecule has 0 bridgehead atoms. The minimum atomic E-state index is -0.504. The average Bonchev–Trinajstić information content (AvgIpc) is 2.80. The normalized spacial score (nSPS) is 13.7. The predicted octanol–water partition coefficient (Wildman–Crippen LogP) is 2.69. The molecule has 0 aliphatic carbocycles. The Morgan fingerprint density at radius 1 is 0.871 bits per heavy atom. The third-order valence-electron chi connectivity index (χ3n) is 5.51. The molecule has 1 aliphatic rings. The highest BCUT2D eigenvalue weighted by Gasteiger charge is 2.16. The summed E-state index contributed by atoms with van der Waals surface area (Å²) < 4.78 is 2.41. The van der Waals surface area contributed by atoms with Crippen LogP contribution in [0.3, 0.4) is 0 Å². The molecule has 1 fully saturated rings. The molecule has 7 heteroatoms. The summed E-state index contributed by atoms with van der Waals surface area (Å²) >= 11 is 0. The molecule has 2 heterocycles. The van der Waals surface area contributed by atoms with E-state index in [1.807, 2.05) is 54.6 Å². The fourth-order valence-electron chi connectivity index (χ4n) is 3.93. The maximum absolute atomic E-state index is 12.8. The van der Waals surface area contributed by atoms with Crippen molar-refractivity contribution >= 4 is 17.3 Å². The predicted molar refractivity (Wildman–Crippen MR) is 122 cm³/mol. The van der Waals surface area contributed by atoms with E-state index in [0.717, 1.165) is 41.7 Å². The first-order valence-corrected chi connectivity index (χ1v) is 10.6. The molecule has 1 saturated heterocycles. The lowest BCUT2D eigenvalue weighted by molar-refractivity contribution is -0.116. The van der Waals surface area contributed by atoms with Gasteiger partial charge in [0.15, 0.2) is 0 Å². The van der Waals surface area contributed by atoms with Gasteiger partial charge in [0.05, 0.1) is 17.9 Å². The Morgan fingerprint density at radius 3 is 2.35 bits per heavy atom. The van der Waals surface area contributed by atoms with Crippen LogP contribution >= 0.6 is 0 Å². The van der Waals surface area contributed by atoms with Crippen LogP contribution in [0.2, 0.25) is 0 Å². The molecule has 1 amide bonds. The number of nitrogens with zero attached hydrogens (tertiary/aromatic N) is 3. The zero-order chi connectivity index (χ0) is 21.6. The highest BCUT2D eigenvalue weighted by Crippen LogP contribution is 2.28. The van der Waals surface area contributed by atoms with Gasteiger partial charge in [-0.05, 0) is 37.0 Å². The number of aromatic nitrogens is 2. The van der Waals surface area contributed by atoms with E-state index in [4.69, 9.17) is 0 Å². The zero-order valence-electron chi connectivity index (χ0n) is 17.4. The molecule has 1 N–H and O–H groups in total. The van der Waals surface area contributed by atoms with Crippen LogP contribution in [0.4, 0.5) is 11.4 Å². The van der Waals surface area contributed by atoms with Crippen molar-refractivity contribution in [3.05, 3.63) is 93.3 Å². The molecule has 0 spiro atoms. The Balaban J connectivity index is 1.52. The van der Waals surface area contributed by atoms with Gasteiger partial charge in [-0.15, -0.1) is 0 Å². The number of hydrogen-bond acceptors (Lipinski definition) is 4. The molecule has 1 aliphatic heterocycles. The van der Waals surface area contributed by atoms with E-state index in [9.17, 15) is 14.4 Å². The van der Waals surface area contributed by atoms with E-state index in [2.05, 4.69) is 10.2 Å². The molecule has 0 radical (unpaired) electrons. The van der Waals surface area contributed by atoms with Gasteiger partial charge in [0.25, 0.3) is 5.56 Å². The van der Waals surface area contributed by atoms with E-state index >= 15 is 0 Å². The van der Waals surface area contributed by atoms with Crippen LogP contribution in [0.1, 0.15) is 24.8 Å². The fraction of sp³-hybridized carbons (Fsp3) is 0.292. The summed E-state index contributed by atoms with van der Waals surface area (Å²) in [4.78, 5) is 40.2. The Bertz CT molecular complexity index is 1160. The van der Waals surface area contributed by atoms with Gasteiger partial charge >= 0.3 is 5.69 Å². The zero-order valence-corrected chi connectivity index (χ0v) is 17.4. The Hall–Kier alpha value is -3.61. The summed E-state index contributed by atoms with van der Waals surface area (Å²) in [5.74, 6) is -0.402. The van der Waals surface area contributed by atoms with Crippen LogP contribution in [-0.2, 0) is 17.9 Å². The first-order chi connectivity index (χ1) is 15.1. The maximum atomic E-state index is 12.8. The average molecular weight is 418 g/mol. The Morgan fingerprint density at radius 2 is 1.58 bits per heavy atom. The van der Waals surface area contributed by atoms with Crippen LogP contribution < -0.4 is 21.5 Å². The van der Waals surface area contributed by atoms with Gasteiger partial charge in [0.1, 0.15) is 6.54 Å². The van der Waals surface area contributed by atoms with Gasteiger partial charge in [0, 0.05) is 25.4 Å². The van der Waals surface area contributed by atoms with Crippen molar-refractivity contribution in [2.24, 2.45) is 0 Å². The van der Waals surface area contributed by atoms with Crippen LogP contribution in [-0.4, -0.2) is 28.1 Å². The fourth-order valence-corrected chi connectivity index (χ4v) is 3.93. The van der Waals surface area contributed by atoms with E-state index in [1.165, 1.54) is 23.3 Å². The first kappa shape index (κ1) is 20.7. The SMILES string of the molecule is O=C(Cn1c(=O)ccn(Cc2ccccc2)c1=O)Nc1ccccc1N1CCCCC1. The van der Waals surface area contributed by atoms with Gasteiger partial charge in [-0.2, -0.15) is 0 Å². The van der Waals surface area contributed by atoms with Gasteiger partial charge < -0.3 is 10.2 Å². The lowest BCUT2D eigenvalue weighted by Crippen LogP contribution is -2.42. The molecule has 1 aromatic heterocycles. The molecular weight excluding hydrogens is 392 g/mol. The van der Waals surface area contributed by atoms with Crippen molar-refractivity contribution in [3.8, 4) is 0 Å². The molecule has 0 atom stereocenters. The number of rotatable bonds is 6.